The van der Waals surface area contributed by atoms with Crippen LogP contribution in [0, 0.1) is 4.77 Å². The van der Waals surface area contributed by atoms with Gasteiger partial charge in [-0.1, -0.05) is 18.0 Å². The lowest BCUT2D eigenvalue weighted by Gasteiger charge is -2.32. The van der Waals surface area contributed by atoms with E-state index in [1.165, 1.54) is 32.4 Å². The van der Waals surface area contributed by atoms with Crippen LogP contribution in [0.25, 0.3) is 11.0 Å². The van der Waals surface area contributed by atoms with E-state index >= 15 is 0 Å². The minimum atomic E-state index is 0.511. The molecular weight excluding hydrogens is 290 g/mol. The van der Waals surface area contributed by atoms with Crippen LogP contribution in [0.2, 0.25) is 5.02 Å². The number of aromatic nitrogens is 2. The van der Waals surface area contributed by atoms with Crippen molar-refractivity contribution in [1.82, 2.24) is 14.5 Å². The Labute approximate surface area is 129 Å². The van der Waals surface area contributed by atoms with Crippen molar-refractivity contribution in [3.8, 4) is 0 Å². The van der Waals surface area contributed by atoms with Gasteiger partial charge in [-0.15, -0.1) is 0 Å². The van der Waals surface area contributed by atoms with E-state index in [2.05, 4.69) is 21.4 Å². The SMILES string of the molecule is CC(Cn1c(=S)[nH]c2cc(Cl)ccc21)N1CCCCC1. The van der Waals surface area contributed by atoms with E-state index in [1.807, 2.05) is 18.2 Å². The minimum absolute atomic E-state index is 0.511. The van der Waals surface area contributed by atoms with Gasteiger partial charge in [0.1, 0.15) is 0 Å². The number of rotatable bonds is 3. The predicted molar refractivity (Wildman–Crippen MR) is 87.0 cm³/mol. The molecule has 20 heavy (non-hydrogen) atoms. The van der Waals surface area contributed by atoms with E-state index in [0.29, 0.717) is 6.04 Å². The molecule has 1 saturated heterocycles. The van der Waals surface area contributed by atoms with Crippen molar-refractivity contribution in [2.24, 2.45) is 0 Å². The Hall–Kier alpha value is -0.840. The molecule has 1 aromatic heterocycles. The maximum absolute atomic E-state index is 6.04. The van der Waals surface area contributed by atoms with Crippen LogP contribution in [0.15, 0.2) is 18.2 Å². The molecule has 0 bridgehead atoms. The van der Waals surface area contributed by atoms with Crippen LogP contribution in [0.5, 0.6) is 0 Å². The number of fused-ring (bicyclic) bond motifs is 1. The first-order chi connectivity index (χ1) is 9.65. The summed E-state index contributed by atoms with van der Waals surface area (Å²) in [5, 5.41) is 0.741. The van der Waals surface area contributed by atoms with Gasteiger partial charge in [-0.3, -0.25) is 4.90 Å². The fourth-order valence-electron chi connectivity index (χ4n) is 3.06. The van der Waals surface area contributed by atoms with Crippen molar-refractivity contribution in [3.63, 3.8) is 0 Å². The zero-order valence-electron chi connectivity index (χ0n) is 11.7. The average molecular weight is 310 g/mol. The van der Waals surface area contributed by atoms with Gasteiger partial charge >= 0.3 is 0 Å². The second-order valence-electron chi connectivity index (χ2n) is 5.65. The Kier molecular flexibility index (Phi) is 4.15. The summed E-state index contributed by atoms with van der Waals surface area (Å²) in [6.45, 7) is 5.65. The van der Waals surface area contributed by atoms with Gasteiger partial charge in [-0.05, 0) is 63.3 Å². The van der Waals surface area contributed by atoms with Crippen molar-refractivity contribution in [1.29, 1.82) is 0 Å². The van der Waals surface area contributed by atoms with Crippen molar-refractivity contribution >= 4 is 34.9 Å². The molecule has 2 aromatic rings. The van der Waals surface area contributed by atoms with Crippen LogP contribution in [0.4, 0.5) is 0 Å². The van der Waals surface area contributed by atoms with Crippen LogP contribution in [-0.4, -0.2) is 33.6 Å². The second-order valence-corrected chi connectivity index (χ2v) is 6.47. The molecule has 0 spiro atoms. The summed E-state index contributed by atoms with van der Waals surface area (Å²) in [5.41, 5.74) is 2.16. The molecule has 0 saturated carbocycles. The quantitative estimate of drug-likeness (QED) is 0.858. The van der Waals surface area contributed by atoms with Gasteiger partial charge in [-0.25, -0.2) is 0 Å². The fraction of sp³-hybridized carbons (Fsp3) is 0.533. The lowest BCUT2D eigenvalue weighted by Crippen LogP contribution is -2.39. The Bertz CT molecular complexity index is 655. The smallest absolute Gasteiger partial charge is 0.178 e. The molecule has 2 heterocycles. The van der Waals surface area contributed by atoms with Crippen LogP contribution in [0.1, 0.15) is 26.2 Å². The molecule has 5 heteroatoms. The molecule has 3 rings (SSSR count). The molecule has 1 atom stereocenters. The Morgan fingerprint density at radius 2 is 2.05 bits per heavy atom. The van der Waals surface area contributed by atoms with Gasteiger partial charge in [0.15, 0.2) is 4.77 Å². The number of likely N-dealkylation sites (tertiary alicyclic amines) is 1. The fourth-order valence-corrected chi connectivity index (χ4v) is 3.51. The summed E-state index contributed by atoms with van der Waals surface area (Å²) < 4.78 is 2.98. The third kappa shape index (κ3) is 2.78. The molecule has 3 nitrogen and oxygen atoms in total. The Morgan fingerprint density at radius 1 is 1.30 bits per heavy atom. The summed E-state index contributed by atoms with van der Waals surface area (Å²) >= 11 is 11.5. The van der Waals surface area contributed by atoms with Crippen molar-refractivity contribution in [3.05, 3.63) is 28.0 Å². The van der Waals surface area contributed by atoms with E-state index in [4.69, 9.17) is 23.8 Å². The molecule has 1 aliphatic rings. The zero-order valence-corrected chi connectivity index (χ0v) is 13.3. The third-order valence-corrected chi connectivity index (χ3v) is 4.75. The highest BCUT2D eigenvalue weighted by molar-refractivity contribution is 7.71. The van der Waals surface area contributed by atoms with Crippen LogP contribution in [-0.2, 0) is 6.54 Å². The number of benzene rings is 1. The first-order valence-electron chi connectivity index (χ1n) is 7.27. The van der Waals surface area contributed by atoms with Gasteiger partial charge in [0, 0.05) is 17.6 Å². The first-order valence-corrected chi connectivity index (χ1v) is 8.06. The molecule has 1 aliphatic heterocycles. The summed E-state index contributed by atoms with van der Waals surface area (Å²) in [6, 6.07) is 6.42. The summed E-state index contributed by atoms with van der Waals surface area (Å²) in [4.78, 5) is 5.82. The van der Waals surface area contributed by atoms with E-state index in [1.54, 1.807) is 0 Å². The lowest BCUT2D eigenvalue weighted by atomic mass is 10.1. The third-order valence-electron chi connectivity index (χ3n) is 4.20. The summed E-state index contributed by atoms with van der Waals surface area (Å²) in [7, 11) is 0. The number of imidazole rings is 1. The monoisotopic (exact) mass is 309 g/mol. The number of aromatic amines is 1. The molecule has 0 aliphatic carbocycles. The molecular formula is C15H20ClN3S. The number of halogens is 1. The molecule has 1 unspecified atom stereocenters. The number of hydrogen-bond acceptors (Lipinski definition) is 2. The number of nitrogens with one attached hydrogen (secondary N) is 1. The highest BCUT2D eigenvalue weighted by Gasteiger charge is 2.18. The van der Waals surface area contributed by atoms with Gasteiger partial charge in [0.2, 0.25) is 0 Å². The van der Waals surface area contributed by atoms with Gasteiger partial charge in [0.25, 0.3) is 0 Å². The Balaban J connectivity index is 1.86. The Morgan fingerprint density at radius 3 is 2.80 bits per heavy atom. The second kappa shape index (κ2) is 5.88. The topological polar surface area (TPSA) is 24.0 Å². The number of hydrogen-bond donors (Lipinski definition) is 1. The first kappa shape index (κ1) is 14.1. The van der Waals surface area contributed by atoms with E-state index in [-0.39, 0.29) is 0 Å². The van der Waals surface area contributed by atoms with E-state index in [0.717, 1.165) is 27.4 Å². The van der Waals surface area contributed by atoms with E-state index in [9.17, 15) is 0 Å². The van der Waals surface area contributed by atoms with Crippen molar-refractivity contribution in [2.45, 2.75) is 38.8 Å². The molecule has 1 fully saturated rings. The van der Waals surface area contributed by atoms with Crippen LogP contribution in [0.3, 0.4) is 0 Å². The van der Waals surface area contributed by atoms with Crippen molar-refractivity contribution in [2.75, 3.05) is 13.1 Å². The molecule has 0 radical (unpaired) electrons. The highest BCUT2D eigenvalue weighted by Crippen LogP contribution is 2.21. The largest absolute Gasteiger partial charge is 0.331 e. The highest BCUT2D eigenvalue weighted by atomic mass is 35.5. The standard InChI is InChI=1S/C15H20ClN3S/c1-11(18-7-3-2-4-8-18)10-19-14-6-5-12(16)9-13(14)17-15(19)20/h5-6,9,11H,2-4,7-8,10H2,1H3,(H,17,20). The molecule has 0 amide bonds. The number of nitrogens with zero attached hydrogens (tertiary/aromatic N) is 2. The van der Waals surface area contributed by atoms with Gasteiger partial charge < -0.3 is 9.55 Å². The summed E-state index contributed by atoms with van der Waals surface area (Å²) in [5.74, 6) is 0. The van der Waals surface area contributed by atoms with Gasteiger partial charge in [-0.2, -0.15) is 0 Å². The number of piperidine rings is 1. The number of H-pyrrole nitrogens is 1. The van der Waals surface area contributed by atoms with Gasteiger partial charge in [0.05, 0.1) is 11.0 Å². The van der Waals surface area contributed by atoms with Crippen LogP contribution < -0.4 is 0 Å². The normalized spacial score (nSPS) is 18.5. The predicted octanol–water partition coefficient (Wildman–Crippen LogP) is 4.23. The molecule has 108 valence electrons. The summed E-state index contributed by atoms with van der Waals surface area (Å²) in [6.07, 6.45) is 4.01. The molecule has 1 N–H and O–H groups in total. The van der Waals surface area contributed by atoms with Crippen molar-refractivity contribution < 1.29 is 0 Å². The molecule has 1 aromatic carbocycles. The van der Waals surface area contributed by atoms with E-state index < -0.39 is 0 Å². The van der Waals surface area contributed by atoms with Crippen LogP contribution >= 0.6 is 23.8 Å². The zero-order chi connectivity index (χ0) is 14.1. The minimum Gasteiger partial charge on any atom is -0.331 e. The average Bonchev–Trinajstić information content (AvgIpc) is 2.75. The maximum Gasteiger partial charge on any atom is 0.178 e. The maximum atomic E-state index is 6.04. The lowest BCUT2D eigenvalue weighted by molar-refractivity contribution is 0.160.